The van der Waals surface area contributed by atoms with E-state index in [2.05, 4.69) is 223 Å². The fourth-order valence-corrected chi connectivity index (χ4v) is 13.0. The summed E-state index contributed by atoms with van der Waals surface area (Å²) in [5.41, 5.74) is 18.3. The average molecular weight is 939 g/mol. The Hall–Kier alpha value is -9.77. The Kier molecular flexibility index (Phi) is 8.63. The maximum Gasteiger partial charge on any atom is 0.238 e. The minimum absolute atomic E-state index is 0.574. The van der Waals surface area contributed by atoms with Crippen molar-refractivity contribution in [2.24, 2.45) is 0 Å². The van der Waals surface area contributed by atoms with Gasteiger partial charge in [0, 0.05) is 21.9 Å². The van der Waals surface area contributed by atoms with Crippen molar-refractivity contribution in [2.75, 3.05) is 0 Å². The molecule has 2 heterocycles. The van der Waals surface area contributed by atoms with E-state index < -0.39 is 5.41 Å². The third-order valence-electron chi connectivity index (χ3n) is 16.0. The van der Waals surface area contributed by atoms with Gasteiger partial charge in [-0.2, -0.15) is 9.97 Å². The van der Waals surface area contributed by atoms with Crippen molar-refractivity contribution in [1.29, 1.82) is 0 Å². The molecule has 4 heteroatoms. The first kappa shape index (κ1) is 40.9. The lowest BCUT2D eigenvalue weighted by atomic mass is 9.70. The maximum atomic E-state index is 5.41. The summed E-state index contributed by atoms with van der Waals surface area (Å²) in [7, 11) is 0. The zero-order valence-corrected chi connectivity index (χ0v) is 40.0. The van der Waals surface area contributed by atoms with Gasteiger partial charge in [-0.05, 0) is 129 Å². The molecule has 0 bridgehead atoms. The van der Waals surface area contributed by atoms with E-state index in [4.69, 9.17) is 15.0 Å². The first-order valence-corrected chi connectivity index (χ1v) is 25.4. The van der Waals surface area contributed by atoms with Gasteiger partial charge < -0.3 is 0 Å². The molecule has 0 N–H and O–H groups in total. The highest BCUT2D eigenvalue weighted by Crippen LogP contribution is 2.64. The van der Waals surface area contributed by atoms with E-state index in [-0.39, 0.29) is 0 Å². The van der Waals surface area contributed by atoms with Crippen LogP contribution in [0.4, 0.5) is 0 Å². The van der Waals surface area contributed by atoms with Gasteiger partial charge in [-0.1, -0.05) is 224 Å². The molecule has 0 saturated carbocycles. The van der Waals surface area contributed by atoms with Gasteiger partial charge in [-0.15, -0.1) is 0 Å². The van der Waals surface area contributed by atoms with Crippen LogP contribution in [-0.4, -0.2) is 19.5 Å². The Bertz CT molecular complexity index is 4540. The molecular weight excluding hydrogens is 897 g/mol. The van der Waals surface area contributed by atoms with Gasteiger partial charge in [0.05, 0.1) is 16.4 Å². The first-order valence-electron chi connectivity index (χ1n) is 25.4. The number of hydrogen-bond acceptors (Lipinski definition) is 3. The molecule has 342 valence electrons. The molecule has 2 aliphatic carbocycles. The van der Waals surface area contributed by atoms with Crippen molar-refractivity contribution in [3.05, 3.63) is 277 Å². The zero-order valence-electron chi connectivity index (χ0n) is 40.0. The van der Waals surface area contributed by atoms with Crippen molar-refractivity contribution in [3.63, 3.8) is 0 Å². The lowest BCUT2D eigenvalue weighted by Crippen LogP contribution is -2.26. The van der Waals surface area contributed by atoms with Crippen LogP contribution in [0, 0.1) is 0 Å². The molecule has 14 aromatic rings. The molecule has 0 amide bonds. The second-order valence-corrected chi connectivity index (χ2v) is 19.8. The van der Waals surface area contributed by atoms with Gasteiger partial charge in [-0.3, -0.25) is 4.57 Å². The van der Waals surface area contributed by atoms with Gasteiger partial charge in [0.15, 0.2) is 11.6 Å². The molecule has 0 fully saturated rings. The van der Waals surface area contributed by atoms with Gasteiger partial charge in [0.25, 0.3) is 0 Å². The van der Waals surface area contributed by atoms with Crippen LogP contribution in [0.15, 0.2) is 255 Å². The van der Waals surface area contributed by atoms with Crippen LogP contribution in [0.25, 0.3) is 127 Å². The quantitative estimate of drug-likeness (QED) is 0.162. The van der Waals surface area contributed by atoms with E-state index in [1.807, 2.05) is 36.4 Å². The van der Waals surface area contributed by atoms with Crippen LogP contribution in [-0.2, 0) is 5.41 Å². The molecule has 4 nitrogen and oxygen atoms in total. The van der Waals surface area contributed by atoms with Crippen LogP contribution in [0.2, 0.25) is 0 Å². The summed E-state index contributed by atoms with van der Waals surface area (Å²) in [4.78, 5) is 16.0. The molecule has 16 rings (SSSR count). The van der Waals surface area contributed by atoms with Crippen LogP contribution >= 0.6 is 0 Å². The summed E-state index contributed by atoms with van der Waals surface area (Å²) in [6.07, 6.45) is 0. The van der Waals surface area contributed by atoms with Crippen molar-refractivity contribution in [3.8, 4) is 73.2 Å². The molecule has 2 aromatic heterocycles. The van der Waals surface area contributed by atoms with Crippen LogP contribution < -0.4 is 0 Å². The number of rotatable bonds is 5. The molecular formula is C70H42N4. The summed E-state index contributed by atoms with van der Waals surface area (Å²) in [6, 6.07) is 93.2. The fourth-order valence-electron chi connectivity index (χ4n) is 13.0. The van der Waals surface area contributed by atoms with Crippen molar-refractivity contribution in [1.82, 2.24) is 19.5 Å². The van der Waals surface area contributed by atoms with E-state index in [9.17, 15) is 0 Å². The van der Waals surface area contributed by atoms with Gasteiger partial charge in [-0.25, -0.2) is 4.98 Å². The Morgan fingerprint density at radius 1 is 0.270 bits per heavy atom. The Morgan fingerprint density at radius 2 is 0.703 bits per heavy atom. The Morgan fingerprint density at radius 3 is 1.30 bits per heavy atom. The smallest absolute Gasteiger partial charge is 0.238 e. The molecule has 0 saturated heterocycles. The molecule has 0 aliphatic heterocycles. The predicted octanol–water partition coefficient (Wildman–Crippen LogP) is 17.4. The lowest BCUT2D eigenvalue weighted by Gasteiger charge is -2.31. The number of nitrogens with zero attached hydrogens (tertiary/aromatic N) is 4. The minimum atomic E-state index is -0.646. The van der Waals surface area contributed by atoms with Gasteiger partial charge >= 0.3 is 0 Å². The first-order chi connectivity index (χ1) is 36.7. The highest BCUT2D eigenvalue weighted by Gasteiger charge is 2.52. The van der Waals surface area contributed by atoms with E-state index in [0.29, 0.717) is 17.6 Å². The molecule has 1 spiro atoms. The van der Waals surface area contributed by atoms with Crippen molar-refractivity contribution in [2.45, 2.75) is 5.41 Å². The minimum Gasteiger partial charge on any atom is -0.278 e. The number of aromatic nitrogens is 4. The summed E-state index contributed by atoms with van der Waals surface area (Å²) < 4.78 is 2.30. The van der Waals surface area contributed by atoms with Crippen LogP contribution in [0.3, 0.4) is 0 Å². The third-order valence-corrected chi connectivity index (χ3v) is 16.0. The maximum absolute atomic E-state index is 5.41. The molecule has 12 aromatic carbocycles. The highest BCUT2D eigenvalue weighted by atomic mass is 15.2. The van der Waals surface area contributed by atoms with E-state index in [1.54, 1.807) is 0 Å². The van der Waals surface area contributed by atoms with Crippen molar-refractivity contribution < 1.29 is 0 Å². The van der Waals surface area contributed by atoms with Crippen LogP contribution in [0.5, 0.6) is 0 Å². The number of benzene rings is 12. The predicted molar refractivity (Wildman–Crippen MR) is 305 cm³/mol. The van der Waals surface area contributed by atoms with Gasteiger partial charge in [0.2, 0.25) is 5.95 Å². The Balaban J connectivity index is 1.02. The van der Waals surface area contributed by atoms with Gasteiger partial charge in [0.1, 0.15) is 0 Å². The lowest BCUT2D eigenvalue weighted by molar-refractivity contribution is 0.794. The summed E-state index contributed by atoms with van der Waals surface area (Å²) in [5.74, 6) is 1.82. The number of fused-ring (bicyclic) bond motifs is 16. The second kappa shape index (κ2) is 15.6. The number of hydrogen-bond donors (Lipinski definition) is 0. The summed E-state index contributed by atoms with van der Waals surface area (Å²) >= 11 is 0. The summed E-state index contributed by atoms with van der Waals surface area (Å²) in [6.45, 7) is 0. The molecule has 1 atom stereocenters. The Labute approximate surface area is 427 Å². The van der Waals surface area contributed by atoms with E-state index in [0.717, 1.165) is 38.3 Å². The van der Waals surface area contributed by atoms with E-state index >= 15 is 0 Å². The molecule has 0 radical (unpaired) electrons. The third kappa shape index (κ3) is 5.70. The zero-order chi connectivity index (χ0) is 48.5. The molecule has 2 aliphatic rings. The van der Waals surface area contributed by atoms with Crippen LogP contribution in [0.1, 0.15) is 22.3 Å². The molecule has 1 unspecified atom stereocenters. The monoisotopic (exact) mass is 938 g/mol. The van der Waals surface area contributed by atoms with Crippen molar-refractivity contribution >= 4 is 54.1 Å². The average Bonchev–Trinajstić information content (AvgIpc) is 4.09. The van der Waals surface area contributed by atoms with E-state index in [1.165, 1.54) is 93.7 Å². The topological polar surface area (TPSA) is 43.6 Å². The normalized spacial score (nSPS) is 14.3. The second-order valence-electron chi connectivity index (χ2n) is 19.8. The standard InChI is InChI=1S/C70H42N4/c1-4-20-43(21-5-1)65-52-30-12-14-32-54(52)66(55-33-15-13-31-53(55)65)48-36-37-51-49-28-16-18-34-59(49)70(61(51)39-48)60-35-19-17-29-50(60)56-41-58-57-38-46-26-10-11-27-47(46)40-63(57)74(64(58)42-62(56)70)69-72-67(44-22-6-2-7-23-44)71-68(73-69)45-24-8-3-9-25-45/h1-42H. The molecule has 74 heavy (non-hydrogen) atoms. The largest absolute Gasteiger partial charge is 0.278 e. The SMILES string of the molecule is c1ccc(-c2nc(-c3ccccc3)nc(-n3c4cc5c(cc4c4cc6ccccc6cc43)-c3ccccc3C53c4ccccc4-c4ccc(-c5c6ccccc6c(-c6ccccc6)c6ccccc56)cc43)n2)cc1. The fraction of sp³-hybridized carbons (Fsp3) is 0.0143. The highest BCUT2D eigenvalue weighted by molar-refractivity contribution is 6.22. The summed E-state index contributed by atoms with van der Waals surface area (Å²) in [5, 5.41) is 9.60.